The first-order valence-electron chi connectivity index (χ1n) is 12.4. The SMILES string of the molecule is C=C1CCC(n2c(=C)c3ccc(C4(F)CCN(Cc5ccccc5)CC4)c4nccc2c43)C(=C)N1. The lowest BCUT2D eigenvalue weighted by molar-refractivity contribution is 0.0537. The zero-order chi connectivity index (χ0) is 24.2. The van der Waals surface area contributed by atoms with Gasteiger partial charge in [0, 0.05) is 58.9 Å². The van der Waals surface area contributed by atoms with Crippen molar-refractivity contribution in [1.82, 2.24) is 19.8 Å². The number of nitrogens with one attached hydrogen (secondary N) is 1. The third kappa shape index (κ3) is 3.66. The van der Waals surface area contributed by atoms with E-state index in [2.05, 4.69) is 58.8 Å². The molecule has 2 aliphatic heterocycles. The van der Waals surface area contributed by atoms with E-state index in [1.54, 1.807) is 0 Å². The maximum absolute atomic E-state index is 16.5. The molecular formula is C30H31FN4. The van der Waals surface area contributed by atoms with Crippen LogP contribution < -0.4 is 10.7 Å². The topological polar surface area (TPSA) is 33.1 Å². The molecule has 2 aliphatic rings. The largest absolute Gasteiger partial charge is 0.362 e. The van der Waals surface area contributed by atoms with Crippen molar-refractivity contribution in [3.63, 3.8) is 0 Å². The van der Waals surface area contributed by atoms with Crippen LogP contribution in [0.25, 0.3) is 28.4 Å². The second-order valence-corrected chi connectivity index (χ2v) is 10.1. The van der Waals surface area contributed by atoms with Gasteiger partial charge in [0.2, 0.25) is 0 Å². The highest BCUT2D eigenvalue weighted by molar-refractivity contribution is 6.09. The number of rotatable bonds is 4. The molecule has 4 heterocycles. The molecule has 35 heavy (non-hydrogen) atoms. The Kier molecular flexibility index (Phi) is 5.26. The molecule has 2 saturated heterocycles. The van der Waals surface area contributed by atoms with Gasteiger partial charge in [0.15, 0.2) is 0 Å². The molecule has 4 nitrogen and oxygen atoms in total. The Morgan fingerprint density at radius 3 is 2.54 bits per heavy atom. The van der Waals surface area contributed by atoms with Gasteiger partial charge < -0.3 is 9.88 Å². The molecule has 0 spiro atoms. The summed E-state index contributed by atoms with van der Waals surface area (Å²) in [6, 6.07) is 16.5. The van der Waals surface area contributed by atoms with Gasteiger partial charge in [-0.15, -0.1) is 0 Å². The predicted molar refractivity (Wildman–Crippen MR) is 141 cm³/mol. The lowest BCUT2D eigenvalue weighted by Crippen LogP contribution is -2.40. The minimum atomic E-state index is -1.39. The van der Waals surface area contributed by atoms with Crippen LogP contribution in [0.4, 0.5) is 4.39 Å². The summed E-state index contributed by atoms with van der Waals surface area (Å²) < 4.78 is 18.8. The van der Waals surface area contributed by atoms with Crippen molar-refractivity contribution >= 4 is 28.4 Å². The molecule has 0 bridgehead atoms. The van der Waals surface area contributed by atoms with Gasteiger partial charge in [-0.1, -0.05) is 62.2 Å². The van der Waals surface area contributed by atoms with Gasteiger partial charge in [0.25, 0.3) is 0 Å². The zero-order valence-corrected chi connectivity index (χ0v) is 20.1. The molecule has 1 atom stereocenters. The first-order valence-corrected chi connectivity index (χ1v) is 12.4. The summed E-state index contributed by atoms with van der Waals surface area (Å²) in [5.74, 6) is 0. The third-order valence-electron chi connectivity index (χ3n) is 7.88. The van der Waals surface area contributed by atoms with Crippen LogP contribution in [0.15, 0.2) is 79.3 Å². The van der Waals surface area contributed by atoms with Crippen LogP contribution in [0.3, 0.4) is 0 Å². The Morgan fingerprint density at radius 2 is 1.80 bits per heavy atom. The number of hydrogen-bond donors (Lipinski definition) is 1. The number of alkyl halides is 1. The monoisotopic (exact) mass is 466 g/mol. The average molecular weight is 467 g/mol. The fraction of sp³-hybridized carbons (Fsp3) is 0.300. The number of allylic oxidation sites excluding steroid dienone is 2. The maximum atomic E-state index is 16.5. The van der Waals surface area contributed by atoms with Gasteiger partial charge >= 0.3 is 0 Å². The molecule has 0 aliphatic carbocycles. The van der Waals surface area contributed by atoms with E-state index in [4.69, 9.17) is 4.98 Å². The van der Waals surface area contributed by atoms with Crippen LogP contribution in [0.1, 0.15) is 42.9 Å². The van der Waals surface area contributed by atoms with Crippen LogP contribution in [0.5, 0.6) is 0 Å². The summed E-state index contributed by atoms with van der Waals surface area (Å²) in [6.07, 6.45) is 4.55. The van der Waals surface area contributed by atoms with Crippen molar-refractivity contribution in [2.45, 2.75) is 43.9 Å². The quantitative estimate of drug-likeness (QED) is 0.417. The van der Waals surface area contributed by atoms with E-state index >= 15 is 4.39 Å². The number of pyridine rings is 1. The Labute approximate surface area is 205 Å². The minimum absolute atomic E-state index is 0.0787. The van der Waals surface area contributed by atoms with Crippen LogP contribution in [0.2, 0.25) is 0 Å². The van der Waals surface area contributed by atoms with Crippen LogP contribution in [0, 0.1) is 0 Å². The minimum Gasteiger partial charge on any atom is -0.362 e. The summed E-state index contributed by atoms with van der Waals surface area (Å²) in [4.78, 5) is 7.07. The molecule has 4 aromatic rings. The predicted octanol–water partition coefficient (Wildman–Crippen LogP) is 5.73. The average Bonchev–Trinajstić information content (AvgIpc) is 3.14. The molecule has 6 rings (SSSR count). The zero-order valence-electron chi connectivity index (χ0n) is 20.1. The molecule has 178 valence electrons. The van der Waals surface area contributed by atoms with Gasteiger partial charge in [-0.25, -0.2) is 4.39 Å². The molecule has 2 fully saturated rings. The fourth-order valence-corrected chi connectivity index (χ4v) is 6.00. The second kappa shape index (κ2) is 8.35. The van der Waals surface area contributed by atoms with Crippen molar-refractivity contribution in [2.75, 3.05) is 13.1 Å². The normalized spacial score (nSPS) is 21.0. The Hall–Kier alpha value is -3.44. The summed E-state index contributed by atoms with van der Waals surface area (Å²) >= 11 is 0. The molecule has 0 amide bonds. The van der Waals surface area contributed by atoms with E-state index in [9.17, 15) is 0 Å². The van der Waals surface area contributed by atoms with Gasteiger partial charge in [0.05, 0.1) is 17.1 Å². The number of nitrogens with zero attached hydrogens (tertiary/aromatic N) is 3. The highest BCUT2D eigenvalue weighted by atomic mass is 19.1. The van der Waals surface area contributed by atoms with E-state index in [0.29, 0.717) is 18.4 Å². The third-order valence-corrected chi connectivity index (χ3v) is 7.88. The van der Waals surface area contributed by atoms with Crippen molar-refractivity contribution in [3.05, 3.63) is 95.8 Å². The molecule has 1 unspecified atom stereocenters. The molecule has 2 aromatic carbocycles. The van der Waals surface area contributed by atoms with E-state index in [1.165, 1.54) is 5.56 Å². The summed E-state index contributed by atoms with van der Waals surface area (Å²) in [5, 5.41) is 6.30. The van der Waals surface area contributed by atoms with E-state index < -0.39 is 5.67 Å². The second-order valence-electron chi connectivity index (χ2n) is 10.1. The number of benzene rings is 2. The highest BCUT2D eigenvalue weighted by Crippen LogP contribution is 2.42. The smallest absolute Gasteiger partial charge is 0.140 e. The Balaban J connectivity index is 1.36. The van der Waals surface area contributed by atoms with Crippen LogP contribution >= 0.6 is 0 Å². The number of halogens is 1. The van der Waals surface area contributed by atoms with Crippen molar-refractivity contribution in [1.29, 1.82) is 0 Å². The van der Waals surface area contributed by atoms with E-state index in [-0.39, 0.29) is 6.04 Å². The first kappa shape index (κ1) is 22.1. The Bertz CT molecular complexity index is 1480. The van der Waals surface area contributed by atoms with Crippen molar-refractivity contribution in [3.8, 4) is 0 Å². The number of likely N-dealkylation sites (tertiary alicyclic amines) is 1. The van der Waals surface area contributed by atoms with Crippen molar-refractivity contribution in [2.24, 2.45) is 0 Å². The van der Waals surface area contributed by atoms with E-state index in [1.807, 2.05) is 30.5 Å². The summed E-state index contributed by atoms with van der Waals surface area (Å²) in [5.41, 5.74) is 4.32. The van der Waals surface area contributed by atoms with Gasteiger partial charge in [-0.3, -0.25) is 9.88 Å². The number of piperidine rings is 2. The van der Waals surface area contributed by atoms with Gasteiger partial charge in [-0.05, 0) is 37.3 Å². The molecule has 1 N–H and O–H groups in total. The van der Waals surface area contributed by atoms with Gasteiger partial charge in [-0.2, -0.15) is 0 Å². The lowest BCUT2D eigenvalue weighted by Gasteiger charge is -2.37. The Morgan fingerprint density at radius 1 is 1.03 bits per heavy atom. The first-order chi connectivity index (χ1) is 16.9. The van der Waals surface area contributed by atoms with Crippen LogP contribution in [-0.4, -0.2) is 27.5 Å². The molecule has 0 saturated carbocycles. The maximum Gasteiger partial charge on any atom is 0.140 e. The fourth-order valence-electron chi connectivity index (χ4n) is 6.00. The van der Waals surface area contributed by atoms with Crippen LogP contribution in [-0.2, 0) is 12.2 Å². The molecular weight excluding hydrogens is 435 g/mol. The molecule has 2 aromatic heterocycles. The highest BCUT2D eigenvalue weighted by Gasteiger charge is 2.38. The molecule has 5 heteroatoms. The van der Waals surface area contributed by atoms with E-state index in [0.717, 1.165) is 71.0 Å². The van der Waals surface area contributed by atoms with Crippen molar-refractivity contribution < 1.29 is 4.39 Å². The van der Waals surface area contributed by atoms with Gasteiger partial charge in [0.1, 0.15) is 5.67 Å². The molecule has 0 radical (unpaired) electrons. The summed E-state index contributed by atoms with van der Waals surface area (Å²) in [7, 11) is 0. The lowest BCUT2D eigenvalue weighted by atomic mass is 9.84. The summed E-state index contributed by atoms with van der Waals surface area (Å²) in [6.45, 7) is 15.0. The number of hydrogen-bond acceptors (Lipinski definition) is 3. The standard InChI is InChI=1S/C30H31FN4/c1-20-9-12-26(21(2)33-20)35-22(3)24-10-11-25(29-28(24)27(35)13-16-32-29)30(31)14-17-34(18-15-30)19-23-7-5-4-6-8-23/h4-8,10-11,13,16,26,33H,1-3,9,12,14-15,17-19H2. The number of aromatic nitrogens is 2.